The highest BCUT2D eigenvalue weighted by atomic mass is 16.3. The van der Waals surface area contributed by atoms with Gasteiger partial charge in [-0.3, -0.25) is 0 Å². The van der Waals surface area contributed by atoms with Gasteiger partial charge in [0.2, 0.25) is 0 Å². The van der Waals surface area contributed by atoms with Gasteiger partial charge in [0.05, 0.1) is 6.04 Å². The molecule has 1 aromatic rings. The summed E-state index contributed by atoms with van der Waals surface area (Å²) in [6, 6.07) is 8.28. The molecule has 1 unspecified atom stereocenters. The van der Waals surface area contributed by atoms with Crippen LogP contribution in [-0.2, 0) is 0 Å². The fourth-order valence-electron chi connectivity index (χ4n) is 5.47. The van der Waals surface area contributed by atoms with E-state index in [2.05, 4.69) is 137 Å². The monoisotopic (exact) mass is 660 g/mol. The van der Waals surface area contributed by atoms with Crippen molar-refractivity contribution >= 4 is 11.3 Å². The highest BCUT2D eigenvalue weighted by Crippen LogP contribution is 2.38. The van der Waals surface area contributed by atoms with Gasteiger partial charge >= 0.3 is 0 Å². The van der Waals surface area contributed by atoms with Gasteiger partial charge in [0.25, 0.3) is 0 Å². The van der Waals surface area contributed by atoms with Gasteiger partial charge in [0.1, 0.15) is 5.76 Å². The minimum absolute atomic E-state index is 0.134. The summed E-state index contributed by atoms with van der Waals surface area (Å²) in [5.74, 6) is 0.576. The molecule has 2 aliphatic carbocycles. The van der Waals surface area contributed by atoms with Crippen LogP contribution in [0, 0.1) is 5.92 Å². The van der Waals surface area contributed by atoms with Gasteiger partial charge < -0.3 is 15.3 Å². The van der Waals surface area contributed by atoms with Crippen LogP contribution >= 0.6 is 0 Å². The highest BCUT2D eigenvalue weighted by Gasteiger charge is 2.22. The minimum atomic E-state index is -0.134. The quantitative estimate of drug-likeness (QED) is 0.163. The van der Waals surface area contributed by atoms with Crippen molar-refractivity contribution in [3.63, 3.8) is 0 Å². The van der Waals surface area contributed by atoms with Crippen LogP contribution < -0.4 is 5.32 Å². The van der Waals surface area contributed by atoms with E-state index >= 15 is 0 Å². The van der Waals surface area contributed by atoms with Crippen molar-refractivity contribution < 1.29 is 5.11 Å². The third kappa shape index (κ3) is 11.4. The Hall–Kier alpha value is -5.80. The number of aliphatic hydroxyl groups excluding tert-OH is 1. The third-order valence-corrected chi connectivity index (χ3v) is 8.06. The number of rotatable bonds is 17. The van der Waals surface area contributed by atoms with E-state index < -0.39 is 0 Å². The Morgan fingerprint density at radius 2 is 1.58 bits per heavy atom. The number of nitrogens with zero attached hydrogens (tertiary/aromatic N) is 1. The van der Waals surface area contributed by atoms with Crippen LogP contribution in [0.15, 0.2) is 219 Å². The SMILES string of the molecule is C=C\C=C/C=C(C)/C(/C=C\C=C)=C/N(C/C=C\C(=C/C=C)C(C)C)C1=CCC=C(C2=C(O)C=CC(NC(=C)/C=C\C=C)C=C2)c2ccccc21. The van der Waals surface area contributed by atoms with Crippen molar-refractivity contribution in [3.05, 3.63) is 230 Å². The number of fused-ring (bicyclic) bond motifs is 1. The second-order valence-electron chi connectivity index (χ2n) is 12.1. The molecule has 256 valence electrons. The van der Waals surface area contributed by atoms with Crippen molar-refractivity contribution in [1.82, 2.24) is 10.2 Å². The van der Waals surface area contributed by atoms with Crippen LogP contribution in [-0.4, -0.2) is 22.6 Å². The standard InChI is InChI=1S/C47H52N2O/c1-9-13-16-22-37(7)40(24-15-11-3)35-49(34-20-25-39(21-12-4)36(5)6)46-29-19-28-43(42-26-17-18-27-44(42)46)45-32-30-41(31-33-47(45)50)48-38(8)23-14-10-2/h9-18,20-33,35-36,41,48,50H,1-4,8,19,34H2,5-7H3/b16-13-,23-14-,24-15-,25-20-,37-22+,39-21+,40-35+. The number of hydrogen-bond acceptors (Lipinski definition) is 3. The van der Waals surface area contributed by atoms with Gasteiger partial charge in [0.15, 0.2) is 0 Å². The van der Waals surface area contributed by atoms with Crippen molar-refractivity contribution in [3.8, 4) is 0 Å². The minimum Gasteiger partial charge on any atom is -0.507 e. The summed E-state index contributed by atoms with van der Waals surface area (Å²) in [6.07, 6.45) is 42.4. The average molecular weight is 661 g/mol. The second kappa shape index (κ2) is 20.5. The number of hydrogen-bond donors (Lipinski definition) is 2. The molecule has 1 aromatic carbocycles. The van der Waals surface area contributed by atoms with Crippen LogP contribution in [0.25, 0.3) is 11.3 Å². The van der Waals surface area contributed by atoms with Crippen LogP contribution in [0.1, 0.15) is 38.3 Å². The smallest absolute Gasteiger partial charge is 0.123 e. The maximum atomic E-state index is 11.3. The van der Waals surface area contributed by atoms with Gasteiger partial charge in [-0.2, -0.15) is 0 Å². The Labute approximate surface area is 301 Å². The summed E-state index contributed by atoms with van der Waals surface area (Å²) < 4.78 is 0. The Bertz CT molecular complexity index is 1800. The molecular formula is C47H52N2O. The molecule has 0 aromatic heterocycles. The van der Waals surface area contributed by atoms with E-state index in [9.17, 15) is 5.11 Å². The molecule has 0 aliphatic heterocycles. The predicted molar refractivity (Wildman–Crippen MR) is 220 cm³/mol. The van der Waals surface area contributed by atoms with E-state index in [-0.39, 0.29) is 11.8 Å². The van der Waals surface area contributed by atoms with E-state index in [4.69, 9.17) is 0 Å². The molecule has 1 atom stereocenters. The lowest BCUT2D eigenvalue weighted by molar-refractivity contribution is 0.429. The average Bonchev–Trinajstić information content (AvgIpc) is 3.41. The largest absolute Gasteiger partial charge is 0.507 e. The number of nitrogens with one attached hydrogen (secondary N) is 1. The summed E-state index contributed by atoms with van der Waals surface area (Å²) in [4.78, 5) is 2.30. The molecule has 0 spiro atoms. The molecule has 0 heterocycles. The van der Waals surface area contributed by atoms with Gasteiger partial charge in [-0.05, 0) is 59.3 Å². The van der Waals surface area contributed by atoms with Gasteiger partial charge in [-0.15, -0.1) is 0 Å². The highest BCUT2D eigenvalue weighted by molar-refractivity contribution is 5.90. The summed E-state index contributed by atoms with van der Waals surface area (Å²) in [5.41, 5.74) is 9.05. The normalized spacial score (nSPS) is 17.2. The molecule has 0 bridgehead atoms. The first kappa shape index (κ1) is 38.6. The van der Waals surface area contributed by atoms with E-state index in [0.717, 1.165) is 44.8 Å². The summed E-state index contributed by atoms with van der Waals surface area (Å²) >= 11 is 0. The lowest BCUT2D eigenvalue weighted by Gasteiger charge is -2.26. The zero-order valence-electron chi connectivity index (χ0n) is 29.9. The molecular weight excluding hydrogens is 609 g/mol. The molecule has 0 saturated heterocycles. The third-order valence-electron chi connectivity index (χ3n) is 8.06. The zero-order valence-corrected chi connectivity index (χ0v) is 29.9. The summed E-state index contributed by atoms with van der Waals surface area (Å²) in [7, 11) is 0. The van der Waals surface area contributed by atoms with E-state index in [1.165, 1.54) is 5.57 Å². The van der Waals surface area contributed by atoms with Crippen molar-refractivity contribution in [1.29, 1.82) is 0 Å². The Balaban J connectivity index is 2.14. The number of benzene rings is 1. The first-order valence-corrected chi connectivity index (χ1v) is 17.0. The Morgan fingerprint density at radius 1 is 0.880 bits per heavy atom. The fraction of sp³-hybridized carbons (Fsp3) is 0.149. The number of aliphatic hydroxyl groups is 1. The van der Waals surface area contributed by atoms with Gasteiger partial charge in [-0.1, -0.05) is 180 Å². The molecule has 50 heavy (non-hydrogen) atoms. The van der Waals surface area contributed by atoms with Crippen molar-refractivity contribution in [2.24, 2.45) is 5.92 Å². The van der Waals surface area contributed by atoms with Crippen LogP contribution in [0.4, 0.5) is 0 Å². The van der Waals surface area contributed by atoms with Crippen molar-refractivity contribution in [2.75, 3.05) is 6.54 Å². The lowest BCUT2D eigenvalue weighted by atomic mass is 9.92. The summed E-state index contributed by atoms with van der Waals surface area (Å²) in [5, 5.41) is 14.7. The molecule has 0 fully saturated rings. The fourth-order valence-corrected chi connectivity index (χ4v) is 5.47. The van der Waals surface area contributed by atoms with Crippen LogP contribution in [0.5, 0.6) is 0 Å². The topological polar surface area (TPSA) is 35.5 Å². The zero-order chi connectivity index (χ0) is 36.3. The van der Waals surface area contributed by atoms with E-state index in [1.54, 1.807) is 24.3 Å². The molecule has 0 radical (unpaired) electrons. The maximum Gasteiger partial charge on any atom is 0.123 e. The predicted octanol–water partition coefficient (Wildman–Crippen LogP) is 11.9. The van der Waals surface area contributed by atoms with Crippen LogP contribution in [0.3, 0.4) is 0 Å². The molecule has 3 rings (SSSR count). The Morgan fingerprint density at radius 3 is 2.28 bits per heavy atom. The maximum absolute atomic E-state index is 11.3. The molecule has 2 N–H and O–H groups in total. The molecule has 0 amide bonds. The first-order valence-electron chi connectivity index (χ1n) is 17.0. The lowest BCUT2D eigenvalue weighted by Crippen LogP contribution is -2.22. The van der Waals surface area contributed by atoms with Gasteiger partial charge in [0, 0.05) is 35.3 Å². The number of allylic oxidation sites excluding steroid dienone is 22. The second-order valence-corrected chi connectivity index (χ2v) is 12.1. The molecule has 2 aliphatic rings. The molecule has 0 saturated carbocycles. The first-order chi connectivity index (χ1) is 24.2. The van der Waals surface area contributed by atoms with E-state index in [1.807, 2.05) is 54.7 Å². The van der Waals surface area contributed by atoms with Crippen LogP contribution in [0.2, 0.25) is 0 Å². The summed E-state index contributed by atoms with van der Waals surface area (Å²) in [6.45, 7) is 26.5. The molecule has 3 heteroatoms. The molecule has 3 nitrogen and oxygen atoms in total. The Kier molecular flexibility index (Phi) is 15.9. The van der Waals surface area contributed by atoms with Crippen molar-refractivity contribution in [2.45, 2.75) is 33.2 Å². The van der Waals surface area contributed by atoms with Gasteiger partial charge in [-0.25, -0.2) is 0 Å². The van der Waals surface area contributed by atoms with E-state index in [0.29, 0.717) is 18.9 Å².